The number of nitrogen functional groups attached to an aromatic ring is 1. The van der Waals surface area contributed by atoms with E-state index in [1.807, 2.05) is 26.8 Å². The zero-order chi connectivity index (χ0) is 13.1. The molecule has 0 atom stereocenters. The molecule has 0 spiro atoms. The third kappa shape index (κ3) is 4.07. The van der Waals surface area contributed by atoms with Gasteiger partial charge in [0.05, 0.1) is 24.9 Å². The van der Waals surface area contributed by atoms with Gasteiger partial charge in [-0.2, -0.15) is 0 Å². The van der Waals surface area contributed by atoms with Crippen LogP contribution in [-0.4, -0.2) is 18.7 Å². The van der Waals surface area contributed by atoms with Gasteiger partial charge >= 0.3 is 5.97 Å². The Kier molecular flexibility index (Phi) is 4.12. The predicted molar refractivity (Wildman–Crippen MR) is 66.7 cm³/mol. The second-order valence-corrected chi connectivity index (χ2v) is 4.81. The molecule has 0 radical (unpaired) electrons. The van der Waals surface area contributed by atoms with E-state index in [9.17, 15) is 4.79 Å². The molecule has 0 saturated heterocycles. The molecular formula is C13H19NO3. The first-order chi connectivity index (χ1) is 7.83. The fourth-order valence-electron chi connectivity index (χ4n) is 1.28. The lowest BCUT2D eigenvalue weighted by molar-refractivity contribution is -0.0149. The van der Waals surface area contributed by atoms with E-state index < -0.39 is 5.97 Å². The van der Waals surface area contributed by atoms with Crippen LogP contribution < -0.4 is 5.73 Å². The summed E-state index contributed by atoms with van der Waals surface area (Å²) < 4.78 is 10.3. The van der Waals surface area contributed by atoms with Gasteiger partial charge in [0.15, 0.2) is 0 Å². The maximum Gasteiger partial charge on any atom is 0.339 e. The fraction of sp³-hybridized carbons (Fsp3) is 0.462. The Balaban J connectivity index is 2.86. The van der Waals surface area contributed by atoms with Gasteiger partial charge in [-0.1, -0.05) is 6.07 Å². The van der Waals surface area contributed by atoms with Crippen molar-refractivity contribution in [1.82, 2.24) is 0 Å². The summed E-state index contributed by atoms with van der Waals surface area (Å²) in [6.45, 7) is 6.37. The largest absolute Gasteiger partial charge is 0.465 e. The second-order valence-electron chi connectivity index (χ2n) is 4.81. The highest BCUT2D eigenvalue weighted by molar-refractivity contribution is 5.95. The first-order valence-corrected chi connectivity index (χ1v) is 5.44. The Hall–Kier alpha value is -1.55. The highest BCUT2D eigenvalue weighted by Gasteiger charge is 2.13. The zero-order valence-electron chi connectivity index (χ0n) is 10.7. The number of hydrogen-bond acceptors (Lipinski definition) is 4. The number of rotatable bonds is 3. The van der Waals surface area contributed by atoms with Crippen molar-refractivity contribution in [3.8, 4) is 0 Å². The van der Waals surface area contributed by atoms with Gasteiger partial charge in [-0.3, -0.25) is 0 Å². The first kappa shape index (κ1) is 13.5. The van der Waals surface area contributed by atoms with Crippen LogP contribution in [0, 0.1) is 0 Å². The number of esters is 1. The molecular weight excluding hydrogens is 218 g/mol. The van der Waals surface area contributed by atoms with Crippen LogP contribution in [0.2, 0.25) is 0 Å². The Morgan fingerprint density at radius 2 is 2.00 bits per heavy atom. The van der Waals surface area contributed by atoms with Crippen molar-refractivity contribution < 1.29 is 14.3 Å². The van der Waals surface area contributed by atoms with Gasteiger partial charge in [0, 0.05) is 5.69 Å². The molecule has 0 amide bonds. The van der Waals surface area contributed by atoms with Gasteiger partial charge in [-0.15, -0.1) is 0 Å². The van der Waals surface area contributed by atoms with E-state index in [4.69, 9.17) is 10.5 Å². The predicted octanol–water partition coefficient (Wildman–Crippen LogP) is 2.37. The zero-order valence-corrected chi connectivity index (χ0v) is 10.7. The van der Waals surface area contributed by atoms with Gasteiger partial charge in [-0.25, -0.2) is 4.79 Å². The molecule has 17 heavy (non-hydrogen) atoms. The maximum absolute atomic E-state index is 11.4. The summed E-state index contributed by atoms with van der Waals surface area (Å²) in [6.07, 6.45) is 0. The van der Waals surface area contributed by atoms with E-state index in [1.165, 1.54) is 7.11 Å². The van der Waals surface area contributed by atoms with Crippen molar-refractivity contribution in [2.45, 2.75) is 33.0 Å². The fourth-order valence-corrected chi connectivity index (χ4v) is 1.28. The lowest BCUT2D eigenvalue weighted by Gasteiger charge is -2.19. The molecule has 0 bridgehead atoms. The summed E-state index contributed by atoms with van der Waals surface area (Å²) in [5.74, 6) is -0.430. The van der Waals surface area contributed by atoms with Gasteiger partial charge in [-0.05, 0) is 38.5 Å². The molecule has 4 nitrogen and oxygen atoms in total. The smallest absolute Gasteiger partial charge is 0.339 e. The number of carbonyl (C=O) groups excluding carboxylic acids is 1. The van der Waals surface area contributed by atoms with Gasteiger partial charge in [0.25, 0.3) is 0 Å². The number of ether oxygens (including phenoxy) is 2. The second kappa shape index (κ2) is 5.19. The van der Waals surface area contributed by atoms with Crippen LogP contribution in [0.3, 0.4) is 0 Å². The highest BCUT2D eigenvalue weighted by atomic mass is 16.5. The van der Waals surface area contributed by atoms with Crippen LogP contribution in [0.25, 0.3) is 0 Å². The molecule has 2 N–H and O–H groups in total. The van der Waals surface area contributed by atoms with Crippen molar-refractivity contribution >= 4 is 11.7 Å². The van der Waals surface area contributed by atoms with Crippen LogP contribution >= 0.6 is 0 Å². The van der Waals surface area contributed by atoms with Crippen LogP contribution in [-0.2, 0) is 16.1 Å². The van der Waals surface area contributed by atoms with Crippen molar-refractivity contribution in [3.05, 3.63) is 29.3 Å². The summed E-state index contributed by atoms with van der Waals surface area (Å²) >= 11 is 0. The van der Waals surface area contributed by atoms with Crippen molar-refractivity contribution in [2.24, 2.45) is 0 Å². The third-order valence-electron chi connectivity index (χ3n) is 2.19. The molecule has 1 rings (SSSR count). The minimum Gasteiger partial charge on any atom is -0.465 e. The SMILES string of the molecule is COC(=O)c1cc(COC(C)(C)C)ccc1N. The number of anilines is 1. The molecule has 0 unspecified atom stereocenters. The molecule has 0 fully saturated rings. The van der Waals surface area contributed by atoms with Crippen LogP contribution in [0.1, 0.15) is 36.7 Å². The van der Waals surface area contributed by atoms with Crippen LogP contribution in [0.5, 0.6) is 0 Å². The Bertz CT molecular complexity index is 408. The average Bonchev–Trinajstić information content (AvgIpc) is 2.26. The van der Waals surface area contributed by atoms with E-state index >= 15 is 0 Å². The van der Waals surface area contributed by atoms with Crippen LogP contribution in [0.15, 0.2) is 18.2 Å². The molecule has 0 aromatic heterocycles. The van der Waals surface area contributed by atoms with Gasteiger partial charge < -0.3 is 15.2 Å². The van der Waals surface area contributed by atoms with Crippen molar-refractivity contribution in [1.29, 1.82) is 0 Å². The highest BCUT2D eigenvalue weighted by Crippen LogP contribution is 2.18. The van der Waals surface area contributed by atoms with Gasteiger partial charge in [0.1, 0.15) is 0 Å². The summed E-state index contributed by atoms with van der Waals surface area (Å²) in [6, 6.07) is 5.23. The number of methoxy groups -OCH3 is 1. The Morgan fingerprint density at radius 3 is 2.53 bits per heavy atom. The molecule has 4 heteroatoms. The van der Waals surface area contributed by atoms with E-state index in [0.717, 1.165) is 5.56 Å². The number of hydrogen-bond donors (Lipinski definition) is 1. The monoisotopic (exact) mass is 237 g/mol. The first-order valence-electron chi connectivity index (χ1n) is 5.44. The normalized spacial score (nSPS) is 11.3. The summed E-state index contributed by atoms with van der Waals surface area (Å²) in [7, 11) is 1.33. The van der Waals surface area contributed by atoms with Gasteiger partial charge in [0.2, 0.25) is 0 Å². The molecule has 1 aromatic carbocycles. The average molecular weight is 237 g/mol. The summed E-state index contributed by atoms with van der Waals surface area (Å²) in [5.41, 5.74) is 7.18. The molecule has 0 aliphatic carbocycles. The van der Waals surface area contributed by atoms with Crippen molar-refractivity contribution in [3.63, 3.8) is 0 Å². The van der Waals surface area contributed by atoms with Crippen LogP contribution in [0.4, 0.5) is 5.69 Å². The standard InChI is InChI=1S/C13H19NO3/c1-13(2,3)17-8-9-5-6-11(14)10(7-9)12(15)16-4/h5-7H,8,14H2,1-4H3. The summed E-state index contributed by atoms with van der Waals surface area (Å²) in [5, 5.41) is 0. The van der Waals surface area contributed by atoms with E-state index in [1.54, 1.807) is 12.1 Å². The van der Waals surface area contributed by atoms with E-state index in [0.29, 0.717) is 17.9 Å². The molecule has 0 saturated carbocycles. The minimum absolute atomic E-state index is 0.215. The third-order valence-corrected chi connectivity index (χ3v) is 2.19. The Morgan fingerprint density at radius 1 is 1.35 bits per heavy atom. The lowest BCUT2D eigenvalue weighted by Crippen LogP contribution is -2.19. The number of carbonyl (C=O) groups is 1. The van der Waals surface area contributed by atoms with Crippen molar-refractivity contribution in [2.75, 3.05) is 12.8 Å². The van der Waals surface area contributed by atoms with E-state index in [2.05, 4.69) is 4.74 Å². The molecule has 1 aromatic rings. The topological polar surface area (TPSA) is 61.5 Å². The minimum atomic E-state index is -0.430. The Labute approximate surface area is 102 Å². The van der Waals surface area contributed by atoms with E-state index in [-0.39, 0.29) is 5.60 Å². The molecule has 0 heterocycles. The summed E-state index contributed by atoms with van der Waals surface area (Å²) in [4.78, 5) is 11.4. The number of nitrogens with two attached hydrogens (primary N) is 1. The molecule has 0 aliphatic heterocycles. The lowest BCUT2D eigenvalue weighted by atomic mass is 10.1. The number of benzene rings is 1. The maximum atomic E-state index is 11.4. The quantitative estimate of drug-likeness (QED) is 0.647. The molecule has 94 valence electrons. The molecule has 0 aliphatic rings.